The standard InChI is InChI=1S/C24H30F3N3O4S2/c1-23(31,24(25,26)27)19-4-6-20(7-5-19)30-9-8-29(36(32,33)22-3-2-10-35-22)14-21(30)13-28-11-17-15-34-16-18(17)12-28/h2-7,10,17-18,21,31H,8-9,11-16H2,1H3/t17-,18+,21-,23+/m0/s1. The SMILES string of the molecule is C[C@@](O)(c1ccc(N2CCN(S(=O)(=O)c3cccs3)C[C@@H]2CN2C[C@H]3COC[C@H]3C2)cc1)C(F)(F)F. The van der Waals surface area contributed by atoms with Crippen LogP contribution in [0.2, 0.25) is 0 Å². The number of piperazine rings is 1. The van der Waals surface area contributed by atoms with Crippen molar-refractivity contribution in [2.75, 3.05) is 57.4 Å². The topological polar surface area (TPSA) is 73.3 Å². The van der Waals surface area contributed by atoms with Crippen molar-refractivity contribution in [1.82, 2.24) is 9.21 Å². The minimum absolute atomic E-state index is 0.179. The zero-order valence-electron chi connectivity index (χ0n) is 19.9. The van der Waals surface area contributed by atoms with Crippen molar-refractivity contribution in [3.8, 4) is 0 Å². The third-order valence-corrected chi connectivity index (χ3v) is 10.9. The Hall–Kier alpha value is -1.70. The second-order valence-electron chi connectivity index (χ2n) is 10.0. The Morgan fingerprint density at radius 3 is 2.31 bits per heavy atom. The van der Waals surface area contributed by atoms with Crippen LogP contribution in [0.3, 0.4) is 0 Å². The van der Waals surface area contributed by atoms with Gasteiger partial charge >= 0.3 is 6.18 Å². The lowest BCUT2D eigenvalue weighted by Crippen LogP contribution is -2.58. The first kappa shape index (κ1) is 25.9. The van der Waals surface area contributed by atoms with Gasteiger partial charge in [-0.25, -0.2) is 8.42 Å². The van der Waals surface area contributed by atoms with Gasteiger partial charge in [-0.15, -0.1) is 11.3 Å². The number of ether oxygens (including phenoxy) is 1. The van der Waals surface area contributed by atoms with E-state index < -0.39 is 21.8 Å². The lowest BCUT2D eigenvalue weighted by molar-refractivity contribution is -0.258. The number of anilines is 1. The van der Waals surface area contributed by atoms with Crippen LogP contribution < -0.4 is 4.90 Å². The summed E-state index contributed by atoms with van der Waals surface area (Å²) in [5, 5.41) is 11.8. The maximum absolute atomic E-state index is 13.3. The van der Waals surface area contributed by atoms with Crippen LogP contribution in [0.5, 0.6) is 0 Å². The van der Waals surface area contributed by atoms with E-state index in [2.05, 4.69) is 9.80 Å². The van der Waals surface area contributed by atoms with Gasteiger partial charge in [0.1, 0.15) is 4.21 Å². The number of halogens is 3. The zero-order chi connectivity index (χ0) is 25.7. The second-order valence-corrected chi connectivity index (χ2v) is 13.1. The van der Waals surface area contributed by atoms with Crippen LogP contribution >= 0.6 is 11.3 Å². The van der Waals surface area contributed by atoms with Gasteiger partial charge in [-0.05, 0) is 36.1 Å². The van der Waals surface area contributed by atoms with Crippen LogP contribution in [-0.2, 0) is 20.4 Å². The molecule has 198 valence electrons. The molecule has 1 aromatic heterocycles. The number of nitrogens with zero attached hydrogens (tertiary/aromatic N) is 3. The van der Waals surface area contributed by atoms with Gasteiger partial charge in [-0.1, -0.05) is 18.2 Å². The third kappa shape index (κ3) is 4.79. The van der Waals surface area contributed by atoms with E-state index in [-0.39, 0.29) is 24.7 Å². The molecule has 1 aromatic carbocycles. The Labute approximate surface area is 213 Å². The average molecular weight is 546 g/mol. The van der Waals surface area contributed by atoms with Crippen molar-refractivity contribution in [3.63, 3.8) is 0 Å². The van der Waals surface area contributed by atoms with Crippen molar-refractivity contribution in [2.45, 2.75) is 29.0 Å². The molecule has 4 heterocycles. The molecule has 0 aliphatic carbocycles. The molecule has 3 aliphatic heterocycles. The summed E-state index contributed by atoms with van der Waals surface area (Å²) in [6.45, 7) is 5.62. The number of alkyl halides is 3. The van der Waals surface area contributed by atoms with Gasteiger partial charge in [0.25, 0.3) is 10.0 Å². The van der Waals surface area contributed by atoms with Gasteiger partial charge in [0, 0.05) is 56.8 Å². The lowest BCUT2D eigenvalue weighted by atomic mass is 9.95. The van der Waals surface area contributed by atoms with E-state index in [9.17, 15) is 26.7 Å². The molecule has 7 nitrogen and oxygen atoms in total. The van der Waals surface area contributed by atoms with E-state index in [4.69, 9.17) is 4.74 Å². The number of thiophene rings is 1. The minimum atomic E-state index is -4.80. The average Bonchev–Trinajstić information content (AvgIpc) is 3.57. The highest BCUT2D eigenvalue weighted by Gasteiger charge is 2.51. The van der Waals surface area contributed by atoms with Crippen LogP contribution in [0.15, 0.2) is 46.0 Å². The molecule has 4 atom stereocenters. The Kier molecular flexibility index (Phi) is 6.88. The quantitative estimate of drug-likeness (QED) is 0.602. The second kappa shape index (κ2) is 9.55. The van der Waals surface area contributed by atoms with E-state index in [1.165, 1.54) is 27.8 Å². The van der Waals surface area contributed by atoms with Gasteiger partial charge in [-0.2, -0.15) is 17.5 Å². The maximum Gasteiger partial charge on any atom is 0.421 e. The summed E-state index contributed by atoms with van der Waals surface area (Å²) in [7, 11) is -3.62. The number of hydrogen-bond donors (Lipinski definition) is 1. The first-order valence-corrected chi connectivity index (χ1v) is 14.3. The van der Waals surface area contributed by atoms with Crippen LogP contribution in [0.25, 0.3) is 0 Å². The first-order valence-electron chi connectivity index (χ1n) is 12.0. The molecule has 0 saturated carbocycles. The Morgan fingerprint density at radius 2 is 1.72 bits per heavy atom. The summed E-state index contributed by atoms with van der Waals surface area (Å²) in [6, 6.07) is 8.90. The molecule has 3 aliphatic rings. The molecule has 5 rings (SSSR count). The molecule has 0 radical (unpaired) electrons. The fourth-order valence-corrected chi connectivity index (χ4v) is 8.06. The molecule has 3 saturated heterocycles. The number of fused-ring (bicyclic) bond motifs is 1. The largest absolute Gasteiger partial charge is 0.421 e. The number of benzene rings is 1. The molecule has 0 amide bonds. The highest BCUT2D eigenvalue weighted by atomic mass is 32.2. The van der Waals surface area contributed by atoms with E-state index in [0.717, 1.165) is 33.2 Å². The number of hydrogen-bond acceptors (Lipinski definition) is 7. The first-order chi connectivity index (χ1) is 17.0. The predicted octanol–water partition coefficient (Wildman–Crippen LogP) is 2.98. The van der Waals surface area contributed by atoms with E-state index in [1.54, 1.807) is 29.6 Å². The highest BCUT2D eigenvalue weighted by Crippen LogP contribution is 2.39. The Morgan fingerprint density at radius 1 is 1.06 bits per heavy atom. The van der Waals surface area contributed by atoms with Crippen molar-refractivity contribution < 1.29 is 31.4 Å². The summed E-state index contributed by atoms with van der Waals surface area (Å²) in [5.41, 5.74) is -2.48. The molecule has 0 unspecified atom stereocenters. The summed E-state index contributed by atoms with van der Waals surface area (Å²) in [6.07, 6.45) is -4.80. The molecule has 36 heavy (non-hydrogen) atoms. The minimum Gasteiger partial charge on any atom is -0.381 e. The highest BCUT2D eigenvalue weighted by molar-refractivity contribution is 7.91. The van der Waals surface area contributed by atoms with Gasteiger partial charge < -0.3 is 19.6 Å². The van der Waals surface area contributed by atoms with E-state index in [0.29, 0.717) is 34.8 Å². The van der Waals surface area contributed by atoms with Gasteiger partial charge in [0.15, 0.2) is 5.60 Å². The van der Waals surface area contributed by atoms with Crippen LogP contribution in [0.4, 0.5) is 18.9 Å². The predicted molar refractivity (Wildman–Crippen MR) is 131 cm³/mol. The smallest absolute Gasteiger partial charge is 0.381 e. The number of aliphatic hydroxyl groups is 1. The Bertz CT molecular complexity index is 1140. The summed E-state index contributed by atoms with van der Waals surface area (Å²) >= 11 is 1.19. The van der Waals surface area contributed by atoms with Gasteiger partial charge in [0.2, 0.25) is 0 Å². The summed E-state index contributed by atoms with van der Waals surface area (Å²) in [5.74, 6) is 0.966. The molecule has 2 aromatic rings. The van der Waals surface area contributed by atoms with Crippen LogP contribution in [-0.4, -0.2) is 87.4 Å². The maximum atomic E-state index is 13.3. The van der Waals surface area contributed by atoms with Crippen molar-refractivity contribution in [2.24, 2.45) is 11.8 Å². The number of sulfonamides is 1. The molecule has 0 spiro atoms. The van der Waals surface area contributed by atoms with E-state index >= 15 is 0 Å². The third-order valence-electron chi connectivity index (χ3n) is 7.63. The molecule has 12 heteroatoms. The van der Waals surface area contributed by atoms with Crippen LogP contribution in [0, 0.1) is 11.8 Å². The molecule has 3 fully saturated rings. The number of rotatable bonds is 6. The monoisotopic (exact) mass is 545 g/mol. The summed E-state index contributed by atoms with van der Waals surface area (Å²) < 4.78 is 73.8. The lowest BCUT2D eigenvalue weighted by Gasteiger charge is -2.43. The zero-order valence-corrected chi connectivity index (χ0v) is 21.5. The van der Waals surface area contributed by atoms with Gasteiger partial charge in [-0.3, -0.25) is 0 Å². The van der Waals surface area contributed by atoms with E-state index in [1.807, 2.05) is 0 Å². The number of likely N-dealkylation sites (tertiary alicyclic amines) is 1. The molecular formula is C24H30F3N3O4S2. The van der Waals surface area contributed by atoms with Crippen molar-refractivity contribution in [3.05, 3.63) is 47.3 Å². The van der Waals surface area contributed by atoms with Crippen molar-refractivity contribution in [1.29, 1.82) is 0 Å². The fraction of sp³-hybridized carbons (Fsp3) is 0.583. The summed E-state index contributed by atoms with van der Waals surface area (Å²) in [4.78, 5) is 4.43. The molecular weight excluding hydrogens is 515 g/mol. The molecule has 0 bridgehead atoms. The van der Waals surface area contributed by atoms with Gasteiger partial charge in [0.05, 0.1) is 19.3 Å². The fourth-order valence-electron chi connectivity index (χ4n) is 5.45. The normalized spacial score (nSPS) is 27.8. The van der Waals surface area contributed by atoms with Crippen LogP contribution in [0.1, 0.15) is 12.5 Å². The molecule has 1 N–H and O–H groups in total. The van der Waals surface area contributed by atoms with Crippen molar-refractivity contribution >= 4 is 27.0 Å². The Balaban J connectivity index is 1.38.